The van der Waals surface area contributed by atoms with Crippen molar-refractivity contribution in [2.75, 3.05) is 32.3 Å². The summed E-state index contributed by atoms with van der Waals surface area (Å²) < 4.78 is 1.42. The number of carbonyl (C=O) groups is 1. The number of aliphatic carboxylic acids is 1. The molecule has 0 heterocycles. The fraction of sp³-hybridized carbons (Fsp3) is 0.944. The van der Waals surface area contributed by atoms with Gasteiger partial charge in [0, 0.05) is 0 Å². The van der Waals surface area contributed by atoms with Gasteiger partial charge in [-0.05, 0) is 25.7 Å². The molecular weight excluding hydrogens is 293 g/mol. The smallest absolute Gasteiger partial charge is 0.307 e. The molecule has 0 bridgehead atoms. The summed E-state index contributed by atoms with van der Waals surface area (Å²) in [5.41, 5.74) is 0. The maximum Gasteiger partial charge on any atom is 0.307 e. The van der Waals surface area contributed by atoms with Crippen molar-refractivity contribution in [2.45, 2.75) is 79.1 Å². The van der Waals surface area contributed by atoms with Crippen molar-refractivity contribution < 1.29 is 14.4 Å². The molecule has 22 heavy (non-hydrogen) atoms. The van der Waals surface area contributed by atoms with Crippen molar-refractivity contribution in [2.24, 2.45) is 0 Å². The van der Waals surface area contributed by atoms with Crippen LogP contribution in [0.5, 0.6) is 0 Å². The van der Waals surface area contributed by atoms with Crippen LogP contribution >= 0.6 is 9.24 Å². The molecule has 0 rings (SSSR count). The Morgan fingerprint density at radius 3 is 1.14 bits per heavy atom. The number of hydrogen-bond donors (Lipinski definition) is 1. The molecule has 0 saturated carbocycles. The van der Waals surface area contributed by atoms with Crippen LogP contribution in [0.2, 0.25) is 0 Å². The zero-order valence-electron chi connectivity index (χ0n) is 15.6. The van der Waals surface area contributed by atoms with E-state index in [1.807, 2.05) is 0 Å². The molecule has 0 aliphatic rings. The summed E-state index contributed by atoms with van der Waals surface area (Å²) in [6, 6.07) is 0. The number of carboxylic acids is 1. The van der Waals surface area contributed by atoms with E-state index in [1.165, 1.54) is 82.0 Å². The Balaban J connectivity index is 0. The first-order valence-corrected chi connectivity index (χ1v) is 10.1. The second-order valence-corrected chi connectivity index (χ2v) is 6.66. The maximum absolute atomic E-state index is 9.35. The van der Waals surface area contributed by atoms with Crippen LogP contribution in [-0.4, -0.2) is 47.9 Å². The van der Waals surface area contributed by atoms with Gasteiger partial charge in [0.2, 0.25) is 0 Å². The van der Waals surface area contributed by atoms with E-state index in [0.29, 0.717) is 0 Å². The standard InChI is InChI=1S/C16H36N.C2H5O2P/c1-5-9-13-17(14-10-6-2,15-11-7-3)16-12-8-4;3-2(4)1-5/h5-16H2,1-4H3;1,5H2,(H,3,4)/q+1;. The second kappa shape index (κ2) is 17.2. The van der Waals surface area contributed by atoms with E-state index in [9.17, 15) is 4.79 Å². The molecule has 0 aromatic heterocycles. The summed E-state index contributed by atoms with van der Waals surface area (Å²) in [6.07, 6.45) is 11.2. The Bertz CT molecular complexity index is 210. The molecule has 1 unspecified atom stereocenters. The molecule has 0 aliphatic carbocycles. The number of unbranched alkanes of at least 4 members (excludes halogenated alkanes) is 4. The molecule has 0 amide bonds. The SMILES string of the molecule is CCCC[N+](CCCC)(CCCC)CCCC.O=C(O)CP. The number of rotatable bonds is 13. The lowest BCUT2D eigenvalue weighted by Gasteiger charge is -2.39. The lowest BCUT2D eigenvalue weighted by atomic mass is 10.1. The molecule has 1 atom stereocenters. The topological polar surface area (TPSA) is 37.3 Å². The third kappa shape index (κ3) is 14.8. The highest BCUT2D eigenvalue weighted by Gasteiger charge is 2.24. The fourth-order valence-electron chi connectivity index (χ4n) is 2.64. The molecule has 0 spiro atoms. The van der Waals surface area contributed by atoms with E-state index in [0.717, 1.165) is 0 Å². The highest BCUT2D eigenvalue weighted by Crippen LogP contribution is 2.16. The van der Waals surface area contributed by atoms with E-state index in [2.05, 4.69) is 36.9 Å². The number of nitrogens with zero attached hydrogens (tertiary/aromatic N) is 1. The van der Waals surface area contributed by atoms with Crippen molar-refractivity contribution in [1.29, 1.82) is 0 Å². The lowest BCUT2D eigenvalue weighted by Crippen LogP contribution is -2.50. The van der Waals surface area contributed by atoms with Crippen molar-refractivity contribution in [3.63, 3.8) is 0 Å². The lowest BCUT2D eigenvalue weighted by molar-refractivity contribution is -0.929. The molecule has 0 saturated heterocycles. The number of quaternary nitrogens is 1. The van der Waals surface area contributed by atoms with Gasteiger partial charge >= 0.3 is 5.97 Å². The first kappa shape index (κ1) is 24.1. The first-order chi connectivity index (χ1) is 10.5. The number of carboxylic acid groups (broad SMARTS) is 1. The van der Waals surface area contributed by atoms with E-state index < -0.39 is 5.97 Å². The van der Waals surface area contributed by atoms with Crippen molar-refractivity contribution in [3.05, 3.63) is 0 Å². The van der Waals surface area contributed by atoms with Gasteiger partial charge in [-0.1, -0.05) is 53.4 Å². The van der Waals surface area contributed by atoms with Crippen LogP contribution in [-0.2, 0) is 4.79 Å². The van der Waals surface area contributed by atoms with Gasteiger partial charge in [-0.2, -0.15) is 0 Å². The molecule has 3 nitrogen and oxygen atoms in total. The van der Waals surface area contributed by atoms with Crippen LogP contribution in [0, 0.1) is 0 Å². The average molecular weight is 335 g/mol. The van der Waals surface area contributed by atoms with Crippen LogP contribution in [0.25, 0.3) is 0 Å². The minimum atomic E-state index is -0.782. The van der Waals surface area contributed by atoms with Gasteiger partial charge in [0.15, 0.2) is 0 Å². The summed E-state index contributed by atoms with van der Waals surface area (Å²) in [6.45, 7) is 15.0. The van der Waals surface area contributed by atoms with Gasteiger partial charge in [0.1, 0.15) is 0 Å². The normalized spacial score (nSPS) is 11.0. The monoisotopic (exact) mass is 334 g/mol. The Kier molecular flexibility index (Phi) is 18.9. The van der Waals surface area contributed by atoms with Gasteiger partial charge in [-0.3, -0.25) is 4.79 Å². The van der Waals surface area contributed by atoms with Crippen molar-refractivity contribution in [3.8, 4) is 0 Å². The molecular formula is C18H41NO2P+. The predicted octanol–water partition coefficient (Wildman–Crippen LogP) is 4.95. The molecule has 134 valence electrons. The molecule has 0 radical (unpaired) electrons. The summed E-state index contributed by atoms with van der Waals surface area (Å²) in [5.74, 6) is -0.782. The van der Waals surface area contributed by atoms with Crippen LogP contribution in [0.1, 0.15) is 79.1 Å². The maximum atomic E-state index is 9.35. The fourth-order valence-corrected chi connectivity index (χ4v) is 2.64. The average Bonchev–Trinajstić information content (AvgIpc) is 2.54. The molecule has 4 heteroatoms. The Labute approximate surface area is 141 Å². The Morgan fingerprint density at radius 2 is 1.00 bits per heavy atom. The molecule has 0 aromatic rings. The van der Waals surface area contributed by atoms with Crippen LogP contribution in [0.3, 0.4) is 0 Å². The van der Waals surface area contributed by atoms with Gasteiger partial charge < -0.3 is 9.59 Å². The quantitative estimate of drug-likeness (QED) is 0.382. The highest BCUT2D eigenvalue weighted by atomic mass is 31.0. The van der Waals surface area contributed by atoms with Gasteiger partial charge in [-0.25, -0.2) is 0 Å². The third-order valence-electron chi connectivity index (χ3n) is 4.12. The Morgan fingerprint density at radius 1 is 0.773 bits per heavy atom. The van der Waals surface area contributed by atoms with Crippen molar-refractivity contribution in [1.82, 2.24) is 0 Å². The molecule has 1 N–H and O–H groups in total. The molecule has 0 aromatic carbocycles. The van der Waals surface area contributed by atoms with E-state index in [4.69, 9.17) is 5.11 Å². The predicted molar refractivity (Wildman–Crippen MR) is 102 cm³/mol. The minimum absolute atomic E-state index is 0.139. The first-order valence-electron chi connectivity index (χ1n) is 9.28. The van der Waals surface area contributed by atoms with Crippen LogP contribution < -0.4 is 0 Å². The summed E-state index contributed by atoms with van der Waals surface area (Å²) in [5, 5.41) is 7.70. The van der Waals surface area contributed by atoms with Crippen LogP contribution in [0.15, 0.2) is 0 Å². The van der Waals surface area contributed by atoms with E-state index in [-0.39, 0.29) is 6.16 Å². The summed E-state index contributed by atoms with van der Waals surface area (Å²) >= 11 is 0. The Hall–Kier alpha value is -0.140. The number of hydrogen-bond acceptors (Lipinski definition) is 1. The zero-order chi connectivity index (χ0) is 17.3. The largest absolute Gasteiger partial charge is 0.481 e. The zero-order valence-corrected chi connectivity index (χ0v) is 16.7. The van der Waals surface area contributed by atoms with E-state index >= 15 is 0 Å². The highest BCUT2D eigenvalue weighted by molar-refractivity contribution is 7.18. The van der Waals surface area contributed by atoms with Gasteiger partial charge in [0.25, 0.3) is 0 Å². The molecule has 0 aliphatic heterocycles. The summed E-state index contributed by atoms with van der Waals surface area (Å²) in [4.78, 5) is 9.35. The second-order valence-electron chi connectivity index (χ2n) is 6.25. The van der Waals surface area contributed by atoms with Gasteiger partial charge in [0.05, 0.1) is 32.3 Å². The van der Waals surface area contributed by atoms with Gasteiger partial charge in [-0.15, -0.1) is 9.24 Å². The van der Waals surface area contributed by atoms with Crippen LogP contribution in [0.4, 0.5) is 0 Å². The van der Waals surface area contributed by atoms with Crippen molar-refractivity contribution >= 4 is 15.2 Å². The third-order valence-corrected chi connectivity index (χ3v) is 4.47. The molecule has 0 fully saturated rings. The summed E-state index contributed by atoms with van der Waals surface area (Å²) in [7, 11) is 2.09. The van der Waals surface area contributed by atoms with E-state index in [1.54, 1.807) is 0 Å². The minimum Gasteiger partial charge on any atom is -0.481 e.